The summed E-state index contributed by atoms with van der Waals surface area (Å²) >= 11 is 1.60. The number of ether oxygens (including phenoxy) is 3. The molecule has 0 N–H and O–H groups in total. The quantitative estimate of drug-likeness (QED) is 0.410. The Labute approximate surface area is 189 Å². The molecular formula is C24H23N3O4S. The van der Waals surface area contributed by atoms with E-state index in [4.69, 9.17) is 14.2 Å². The van der Waals surface area contributed by atoms with Crippen molar-refractivity contribution < 1.29 is 19.0 Å². The molecule has 0 unspecified atom stereocenters. The summed E-state index contributed by atoms with van der Waals surface area (Å²) in [6.45, 7) is 8.97. The molecular weight excluding hydrogens is 426 g/mol. The van der Waals surface area contributed by atoms with Crippen LogP contribution in [0.25, 0.3) is 15.9 Å². The van der Waals surface area contributed by atoms with Crippen molar-refractivity contribution in [1.29, 1.82) is 0 Å². The number of rotatable bonds is 5. The zero-order valence-electron chi connectivity index (χ0n) is 18.4. The summed E-state index contributed by atoms with van der Waals surface area (Å²) in [5.74, 6) is 1.80. The van der Waals surface area contributed by atoms with Crippen LogP contribution in [0.4, 0.5) is 0 Å². The van der Waals surface area contributed by atoms with Crippen molar-refractivity contribution in [2.45, 2.75) is 27.7 Å². The Hall–Kier alpha value is -3.39. The molecule has 0 saturated carbocycles. The van der Waals surface area contributed by atoms with Gasteiger partial charge in [0.15, 0.2) is 18.1 Å². The minimum atomic E-state index is -0.0988. The number of hydrogen-bond donors (Lipinski definition) is 0. The van der Waals surface area contributed by atoms with Crippen molar-refractivity contribution >= 4 is 27.3 Å². The number of ketones is 1. The van der Waals surface area contributed by atoms with Crippen molar-refractivity contribution in [3.8, 4) is 23.1 Å². The van der Waals surface area contributed by atoms with Gasteiger partial charge in [0.25, 0.3) is 0 Å². The molecule has 4 heterocycles. The van der Waals surface area contributed by atoms with Gasteiger partial charge in [-0.25, -0.2) is 9.97 Å². The predicted octanol–water partition coefficient (Wildman–Crippen LogP) is 4.75. The molecule has 8 heteroatoms. The molecule has 0 bridgehead atoms. The average Bonchev–Trinajstić information content (AvgIpc) is 3.26. The molecule has 0 fully saturated rings. The molecule has 164 valence electrons. The fourth-order valence-electron chi connectivity index (χ4n) is 4.08. The maximum Gasteiger partial charge on any atom is 0.226 e. The number of aryl methyl sites for hydroxylation is 3. The Balaban J connectivity index is 1.41. The van der Waals surface area contributed by atoms with Crippen molar-refractivity contribution in [2.24, 2.45) is 0 Å². The minimum Gasteiger partial charge on any atom is -0.486 e. The van der Waals surface area contributed by atoms with E-state index in [1.165, 1.54) is 11.2 Å². The van der Waals surface area contributed by atoms with E-state index < -0.39 is 0 Å². The van der Waals surface area contributed by atoms with E-state index in [-0.39, 0.29) is 12.4 Å². The average molecular weight is 450 g/mol. The molecule has 0 aliphatic carbocycles. The van der Waals surface area contributed by atoms with Gasteiger partial charge in [0, 0.05) is 33.6 Å². The number of nitrogens with zero attached hydrogens (tertiary/aromatic N) is 3. The Kier molecular flexibility index (Phi) is 5.09. The first-order valence-corrected chi connectivity index (χ1v) is 11.2. The van der Waals surface area contributed by atoms with Gasteiger partial charge < -0.3 is 18.8 Å². The lowest BCUT2D eigenvalue weighted by Crippen LogP contribution is -2.16. The number of hydrogen-bond acceptors (Lipinski definition) is 7. The maximum absolute atomic E-state index is 13.1. The summed E-state index contributed by atoms with van der Waals surface area (Å²) in [5.41, 5.74) is 4.44. The second kappa shape index (κ2) is 7.94. The molecule has 5 rings (SSSR count). The van der Waals surface area contributed by atoms with Gasteiger partial charge >= 0.3 is 0 Å². The van der Waals surface area contributed by atoms with Gasteiger partial charge in [-0.1, -0.05) is 0 Å². The third-order valence-corrected chi connectivity index (χ3v) is 6.90. The van der Waals surface area contributed by atoms with Crippen LogP contribution in [0.2, 0.25) is 0 Å². The van der Waals surface area contributed by atoms with Crippen LogP contribution in [0, 0.1) is 27.7 Å². The molecule has 32 heavy (non-hydrogen) atoms. The molecule has 0 amide bonds. The Morgan fingerprint density at radius 2 is 1.88 bits per heavy atom. The summed E-state index contributed by atoms with van der Waals surface area (Å²) in [6.07, 6.45) is 1.48. The summed E-state index contributed by atoms with van der Waals surface area (Å²) < 4.78 is 19.3. The largest absolute Gasteiger partial charge is 0.486 e. The molecule has 1 aliphatic rings. The van der Waals surface area contributed by atoms with E-state index in [0.29, 0.717) is 30.4 Å². The molecule has 0 radical (unpaired) electrons. The van der Waals surface area contributed by atoms with Crippen LogP contribution < -0.4 is 14.2 Å². The van der Waals surface area contributed by atoms with Crippen LogP contribution in [0.3, 0.4) is 0 Å². The van der Waals surface area contributed by atoms with E-state index in [1.54, 1.807) is 11.3 Å². The molecule has 0 spiro atoms. The van der Waals surface area contributed by atoms with Crippen LogP contribution in [0.5, 0.6) is 17.4 Å². The fraction of sp³-hybridized carbons (Fsp3) is 0.292. The summed E-state index contributed by atoms with van der Waals surface area (Å²) in [4.78, 5) is 23.7. The van der Waals surface area contributed by atoms with Crippen molar-refractivity contribution in [3.05, 3.63) is 58.0 Å². The normalized spacial score (nSPS) is 12.9. The number of aromatic nitrogens is 3. The van der Waals surface area contributed by atoms with Crippen LogP contribution in [-0.2, 0) is 0 Å². The highest BCUT2D eigenvalue weighted by molar-refractivity contribution is 7.18. The highest BCUT2D eigenvalue weighted by atomic mass is 32.1. The monoisotopic (exact) mass is 449 g/mol. The zero-order chi connectivity index (χ0) is 22.4. The van der Waals surface area contributed by atoms with Crippen molar-refractivity contribution in [1.82, 2.24) is 14.5 Å². The van der Waals surface area contributed by atoms with E-state index in [1.807, 2.05) is 56.5 Å². The zero-order valence-corrected chi connectivity index (χ0v) is 19.2. The van der Waals surface area contributed by atoms with Crippen LogP contribution in [0.15, 0.2) is 30.6 Å². The van der Waals surface area contributed by atoms with Gasteiger partial charge in [0.05, 0.1) is 5.39 Å². The lowest BCUT2D eigenvalue weighted by atomic mass is 10.1. The number of fused-ring (bicyclic) bond motifs is 2. The molecule has 3 aromatic heterocycles. The maximum atomic E-state index is 13.1. The third kappa shape index (κ3) is 3.40. The fourth-order valence-corrected chi connectivity index (χ4v) is 5.07. The van der Waals surface area contributed by atoms with E-state index >= 15 is 0 Å². The van der Waals surface area contributed by atoms with Gasteiger partial charge in [0.2, 0.25) is 11.7 Å². The first kappa shape index (κ1) is 20.5. The first-order valence-electron chi connectivity index (χ1n) is 10.4. The van der Waals surface area contributed by atoms with Crippen molar-refractivity contribution in [3.63, 3.8) is 0 Å². The Morgan fingerprint density at radius 1 is 1.09 bits per heavy atom. The third-order valence-electron chi connectivity index (χ3n) is 5.79. The van der Waals surface area contributed by atoms with Gasteiger partial charge in [-0.3, -0.25) is 4.79 Å². The topological polar surface area (TPSA) is 75.5 Å². The highest BCUT2D eigenvalue weighted by Gasteiger charge is 2.20. The second-order valence-corrected chi connectivity index (χ2v) is 9.01. The van der Waals surface area contributed by atoms with Gasteiger partial charge in [-0.2, -0.15) is 0 Å². The number of thiophene rings is 1. The van der Waals surface area contributed by atoms with Gasteiger partial charge in [-0.15, -0.1) is 11.3 Å². The lowest BCUT2D eigenvalue weighted by Gasteiger charge is -2.20. The Morgan fingerprint density at radius 3 is 2.69 bits per heavy atom. The predicted molar refractivity (Wildman–Crippen MR) is 123 cm³/mol. The van der Waals surface area contributed by atoms with E-state index in [2.05, 4.69) is 9.97 Å². The smallest absolute Gasteiger partial charge is 0.226 e. The highest BCUT2D eigenvalue weighted by Crippen LogP contribution is 2.35. The van der Waals surface area contributed by atoms with Gasteiger partial charge in [0.1, 0.15) is 24.4 Å². The second-order valence-electron chi connectivity index (χ2n) is 7.80. The molecule has 4 aromatic rings. The van der Waals surface area contributed by atoms with Crippen LogP contribution in [-0.4, -0.2) is 40.1 Å². The SMILES string of the molecule is Cc1sc2ncnc(OCC(=O)c3cc(C)n(-c4ccc5c(c4)OCCO5)c3C)c2c1C. The summed E-state index contributed by atoms with van der Waals surface area (Å²) in [6, 6.07) is 7.71. The van der Waals surface area contributed by atoms with Crippen molar-refractivity contribution in [2.75, 3.05) is 19.8 Å². The molecule has 0 saturated heterocycles. The number of benzene rings is 1. The van der Waals surface area contributed by atoms with E-state index in [9.17, 15) is 4.79 Å². The van der Waals surface area contributed by atoms with Gasteiger partial charge in [-0.05, 0) is 51.5 Å². The summed E-state index contributed by atoms with van der Waals surface area (Å²) in [7, 11) is 0. The molecule has 0 atom stereocenters. The standard InChI is InChI=1S/C24H23N3O4S/c1-13-9-18(15(3)27(13)17-5-6-20-21(10-17)30-8-7-29-20)19(28)11-31-23-22-14(2)16(4)32-24(22)26-12-25-23/h5-6,9-10,12H,7-8,11H2,1-4H3. The summed E-state index contributed by atoms with van der Waals surface area (Å²) in [5, 5.41) is 0.879. The van der Waals surface area contributed by atoms with Crippen LogP contribution in [0.1, 0.15) is 32.2 Å². The molecule has 7 nitrogen and oxygen atoms in total. The molecule has 1 aliphatic heterocycles. The lowest BCUT2D eigenvalue weighted by molar-refractivity contribution is 0.0918. The number of carbonyl (C=O) groups excluding carboxylic acids is 1. The minimum absolute atomic E-state index is 0.0914. The Bertz CT molecular complexity index is 1360. The van der Waals surface area contributed by atoms with Crippen LogP contribution >= 0.6 is 11.3 Å². The number of Topliss-reactive ketones (excluding diaryl/α,β-unsaturated/α-hetero) is 1. The first-order chi connectivity index (χ1) is 15.4. The van der Waals surface area contributed by atoms with E-state index in [0.717, 1.165) is 38.6 Å². The molecule has 1 aromatic carbocycles. The number of carbonyl (C=O) groups is 1.